The first-order valence-corrected chi connectivity index (χ1v) is 15.0. The summed E-state index contributed by atoms with van der Waals surface area (Å²) in [5, 5.41) is 28.4. The molecule has 0 amide bonds. The Balaban J connectivity index is 1.38. The molecule has 0 saturated carbocycles. The van der Waals surface area contributed by atoms with Gasteiger partial charge in [-0.3, -0.25) is 24.1 Å². The van der Waals surface area contributed by atoms with Gasteiger partial charge in [0, 0.05) is 28.6 Å². The molecule has 0 spiro atoms. The summed E-state index contributed by atoms with van der Waals surface area (Å²) in [6.07, 6.45) is 4.33. The topological polar surface area (TPSA) is 217 Å². The fraction of sp³-hybridized carbons (Fsp3) is 0. The Hall–Kier alpha value is -5.29. The van der Waals surface area contributed by atoms with E-state index in [4.69, 9.17) is 0 Å². The lowest BCUT2D eigenvalue weighted by atomic mass is 10.1. The number of phenols is 1. The van der Waals surface area contributed by atoms with E-state index in [1.54, 1.807) is 30.3 Å². The second-order valence-electron chi connectivity index (χ2n) is 9.04. The van der Waals surface area contributed by atoms with Crippen molar-refractivity contribution < 1.29 is 31.0 Å². The molecule has 6 aromatic rings. The molecule has 214 valence electrons. The molecule has 3 N–H and O–H groups in total. The second-order valence-corrected chi connectivity index (χ2v) is 11.9. The molecule has 0 atom stereocenters. The number of azo groups is 2. The fourth-order valence-corrected chi connectivity index (χ4v) is 5.54. The molecule has 43 heavy (non-hydrogen) atoms. The van der Waals surface area contributed by atoms with Crippen LogP contribution in [-0.2, 0) is 20.2 Å². The summed E-state index contributed by atoms with van der Waals surface area (Å²) < 4.78 is 66.0. The molecule has 0 radical (unpaired) electrons. The number of hydrogen-bond donors (Lipinski definition) is 3. The number of aromatic nitrogens is 3. The zero-order chi connectivity index (χ0) is 30.4. The van der Waals surface area contributed by atoms with Gasteiger partial charge in [0.25, 0.3) is 20.2 Å². The van der Waals surface area contributed by atoms with Crippen LogP contribution in [-0.4, -0.2) is 46.0 Å². The average Bonchev–Trinajstić information content (AvgIpc) is 2.98. The lowest BCUT2D eigenvalue weighted by molar-refractivity contribution is 0.478. The lowest BCUT2D eigenvalue weighted by Gasteiger charge is -2.08. The van der Waals surface area contributed by atoms with Crippen LogP contribution in [0.1, 0.15) is 0 Å². The monoisotopic (exact) mass is 615 g/mol. The van der Waals surface area contributed by atoms with Gasteiger partial charge in [0.05, 0.1) is 27.8 Å². The number of phenolic OH excluding ortho intramolecular Hbond substituents is 1. The number of fused-ring (bicyclic) bond motifs is 3. The van der Waals surface area contributed by atoms with E-state index < -0.39 is 30.9 Å². The van der Waals surface area contributed by atoms with Gasteiger partial charge in [0.15, 0.2) is 5.75 Å². The van der Waals surface area contributed by atoms with Crippen molar-refractivity contribution in [3.8, 4) is 5.75 Å². The maximum absolute atomic E-state index is 12.0. The normalized spacial score (nSPS) is 12.7. The van der Waals surface area contributed by atoms with Gasteiger partial charge in [-0.15, -0.1) is 20.5 Å². The first-order chi connectivity index (χ1) is 20.5. The molecule has 16 heteroatoms. The first-order valence-electron chi connectivity index (χ1n) is 12.2. The van der Waals surface area contributed by atoms with Gasteiger partial charge in [-0.2, -0.15) is 16.8 Å². The molecule has 0 bridgehead atoms. The highest BCUT2D eigenvalue weighted by molar-refractivity contribution is 7.86. The van der Waals surface area contributed by atoms with E-state index >= 15 is 0 Å². The number of benzene rings is 3. The molecule has 0 saturated heterocycles. The first kappa shape index (κ1) is 27.9. The highest BCUT2D eigenvalue weighted by Crippen LogP contribution is 2.40. The summed E-state index contributed by atoms with van der Waals surface area (Å²) in [6, 6.07) is 15.9. The van der Waals surface area contributed by atoms with E-state index in [-0.39, 0.29) is 27.2 Å². The predicted molar refractivity (Wildman–Crippen MR) is 155 cm³/mol. The predicted octanol–water partition coefficient (Wildman–Crippen LogP) is 6.36. The summed E-state index contributed by atoms with van der Waals surface area (Å²) in [5.41, 5.74) is 1.51. The van der Waals surface area contributed by atoms with Crippen LogP contribution in [0.5, 0.6) is 5.75 Å². The zero-order valence-electron chi connectivity index (χ0n) is 21.5. The molecule has 0 unspecified atom stereocenters. The Morgan fingerprint density at radius 2 is 1.30 bits per heavy atom. The van der Waals surface area contributed by atoms with Gasteiger partial charge < -0.3 is 5.11 Å². The number of aromatic hydroxyl groups is 1. The molecule has 0 aliphatic carbocycles. The lowest BCUT2D eigenvalue weighted by Crippen LogP contribution is -1.99. The van der Waals surface area contributed by atoms with Crippen LogP contribution >= 0.6 is 0 Å². The van der Waals surface area contributed by atoms with E-state index in [1.807, 2.05) is 0 Å². The molecule has 0 fully saturated rings. The van der Waals surface area contributed by atoms with Crippen LogP contribution < -0.4 is 0 Å². The van der Waals surface area contributed by atoms with E-state index in [2.05, 4.69) is 35.4 Å². The fourth-order valence-electron chi connectivity index (χ4n) is 4.32. The summed E-state index contributed by atoms with van der Waals surface area (Å²) in [4.78, 5) is 11.8. The van der Waals surface area contributed by atoms with Gasteiger partial charge in [-0.05, 0) is 66.7 Å². The van der Waals surface area contributed by atoms with Gasteiger partial charge in [0.1, 0.15) is 27.5 Å². The van der Waals surface area contributed by atoms with Gasteiger partial charge in [-0.25, -0.2) is 0 Å². The third-order valence-electron chi connectivity index (χ3n) is 6.29. The van der Waals surface area contributed by atoms with E-state index in [1.165, 1.54) is 48.9 Å². The highest BCUT2D eigenvalue weighted by atomic mass is 32.2. The molecule has 3 heterocycles. The molecule has 6 rings (SSSR count). The van der Waals surface area contributed by atoms with Crippen LogP contribution in [0.2, 0.25) is 0 Å². The van der Waals surface area contributed by atoms with Gasteiger partial charge >= 0.3 is 0 Å². The molecule has 0 aliphatic rings. The Labute approximate surface area is 242 Å². The Bertz CT molecular complexity index is 2380. The highest BCUT2D eigenvalue weighted by Gasteiger charge is 2.20. The van der Waals surface area contributed by atoms with Crippen LogP contribution in [0.3, 0.4) is 0 Å². The van der Waals surface area contributed by atoms with E-state index in [0.29, 0.717) is 33.2 Å². The number of nitrogens with zero attached hydrogens (tertiary/aromatic N) is 7. The Morgan fingerprint density at radius 1 is 0.628 bits per heavy atom. The van der Waals surface area contributed by atoms with Crippen molar-refractivity contribution in [2.45, 2.75) is 9.79 Å². The zero-order valence-corrected chi connectivity index (χ0v) is 23.1. The smallest absolute Gasteiger partial charge is 0.295 e. The summed E-state index contributed by atoms with van der Waals surface area (Å²) in [6.45, 7) is 0. The van der Waals surface area contributed by atoms with Crippen LogP contribution in [0.4, 0.5) is 22.7 Å². The SMILES string of the molecule is O=S(=O)(O)c1ccc2ncc(/N=N/c3ccc(/N=N/c4cc(S(=O)(=O)O)c5cccnc5c4O)c4ncccc34)cc2c1. The minimum absolute atomic E-state index is 0.0174. The summed E-state index contributed by atoms with van der Waals surface area (Å²) in [5.74, 6) is -0.429. The Kier molecular flexibility index (Phi) is 6.82. The number of hydrogen-bond acceptors (Lipinski definition) is 12. The van der Waals surface area contributed by atoms with Gasteiger partial charge in [-0.1, -0.05) is 0 Å². The van der Waals surface area contributed by atoms with Crippen molar-refractivity contribution in [3.05, 3.63) is 85.3 Å². The average molecular weight is 616 g/mol. The van der Waals surface area contributed by atoms with Crippen molar-refractivity contribution in [2.75, 3.05) is 0 Å². The van der Waals surface area contributed by atoms with Crippen molar-refractivity contribution in [2.24, 2.45) is 20.5 Å². The van der Waals surface area contributed by atoms with Crippen molar-refractivity contribution in [1.29, 1.82) is 0 Å². The van der Waals surface area contributed by atoms with Crippen LogP contribution in [0, 0.1) is 0 Å². The molecule has 3 aromatic heterocycles. The maximum Gasteiger partial charge on any atom is 0.295 e. The summed E-state index contributed by atoms with van der Waals surface area (Å²) in [7, 11) is -9.07. The third-order valence-corrected chi connectivity index (χ3v) is 8.03. The second kappa shape index (κ2) is 10.5. The maximum atomic E-state index is 12.0. The number of rotatable bonds is 6. The quantitative estimate of drug-likeness (QED) is 0.139. The van der Waals surface area contributed by atoms with Crippen molar-refractivity contribution in [3.63, 3.8) is 0 Å². The molecule has 0 aliphatic heterocycles. The minimum Gasteiger partial charge on any atom is -0.504 e. The van der Waals surface area contributed by atoms with Crippen LogP contribution in [0.25, 0.3) is 32.7 Å². The third kappa shape index (κ3) is 5.50. The largest absolute Gasteiger partial charge is 0.504 e. The van der Waals surface area contributed by atoms with Crippen molar-refractivity contribution >= 4 is 75.7 Å². The minimum atomic E-state index is -4.67. The molecule has 3 aromatic carbocycles. The van der Waals surface area contributed by atoms with Gasteiger partial charge in [0.2, 0.25) is 0 Å². The van der Waals surface area contributed by atoms with Crippen LogP contribution in [0.15, 0.2) is 116 Å². The summed E-state index contributed by atoms with van der Waals surface area (Å²) >= 11 is 0. The van der Waals surface area contributed by atoms with E-state index in [9.17, 15) is 31.0 Å². The number of pyridine rings is 3. The van der Waals surface area contributed by atoms with Crippen molar-refractivity contribution in [1.82, 2.24) is 15.0 Å². The van der Waals surface area contributed by atoms with E-state index in [0.717, 1.165) is 6.07 Å². The standard InChI is InChI=1S/C27H17N7O7S2/c35-27-23(13-24(43(39,40)41)19-4-2-10-29-26(19)27)34-33-22-8-7-21(18-3-1-9-28-25(18)22)32-31-16-11-15-12-17(42(36,37)38)5-6-20(15)30-14-16/h1-14,35H,(H,36,37,38)(H,39,40,41)/b32-31+,34-33+. The molecular weight excluding hydrogens is 598 g/mol. The molecule has 14 nitrogen and oxygen atoms in total. The molecular formula is C27H17N7O7S2. The Morgan fingerprint density at radius 3 is 2.05 bits per heavy atom.